The zero-order chi connectivity index (χ0) is 24.2. The summed E-state index contributed by atoms with van der Waals surface area (Å²) in [6.45, 7) is 7.39. The Labute approximate surface area is 216 Å². The highest BCUT2D eigenvalue weighted by Gasteiger charge is 2.56. The highest BCUT2D eigenvalue weighted by Crippen LogP contribution is 2.61. The Morgan fingerprint density at radius 3 is 2.44 bits per heavy atom. The molecule has 0 spiro atoms. The van der Waals surface area contributed by atoms with Crippen molar-refractivity contribution in [1.82, 2.24) is 14.7 Å². The Bertz CT molecular complexity index is 1290. The smallest absolute Gasteiger partial charge is 0.284 e. The predicted molar refractivity (Wildman–Crippen MR) is 141 cm³/mol. The van der Waals surface area contributed by atoms with Gasteiger partial charge in [0, 0.05) is 21.2 Å². The molecule has 4 atom stereocenters. The molecule has 6 rings (SSSR count). The summed E-state index contributed by atoms with van der Waals surface area (Å²) in [6, 6.07) is 15.6. The van der Waals surface area contributed by atoms with Crippen molar-refractivity contribution in [2.24, 2.45) is 23.2 Å². The summed E-state index contributed by atoms with van der Waals surface area (Å²) < 4.78 is 5.30. The summed E-state index contributed by atoms with van der Waals surface area (Å²) in [7, 11) is 0. The molecule has 3 fully saturated rings. The molecule has 3 aromatic rings. The van der Waals surface area contributed by atoms with Gasteiger partial charge in [0.2, 0.25) is 0 Å². The van der Waals surface area contributed by atoms with Gasteiger partial charge in [0.05, 0.1) is 12.2 Å². The number of carbonyl (C=O) groups is 1. The molecule has 1 N–H and O–H groups in total. The molecular formula is C27H29Br2N3O2. The van der Waals surface area contributed by atoms with Gasteiger partial charge < -0.3 is 5.32 Å². The molecule has 1 amide bonds. The second-order valence-corrected chi connectivity index (χ2v) is 12.1. The first-order valence-electron chi connectivity index (χ1n) is 11.8. The third-order valence-corrected chi connectivity index (χ3v) is 9.54. The van der Waals surface area contributed by atoms with Crippen molar-refractivity contribution in [3.63, 3.8) is 0 Å². The van der Waals surface area contributed by atoms with Crippen LogP contribution in [0, 0.1) is 23.2 Å². The van der Waals surface area contributed by atoms with E-state index in [1.165, 1.54) is 6.42 Å². The van der Waals surface area contributed by atoms with E-state index in [0.717, 1.165) is 20.9 Å². The highest BCUT2D eigenvalue weighted by atomic mass is 79.9. The van der Waals surface area contributed by atoms with E-state index in [9.17, 15) is 9.59 Å². The molecule has 0 unspecified atom stereocenters. The Morgan fingerprint density at radius 2 is 1.79 bits per heavy atom. The fourth-order valence-corrected chi connectivity index (χ4v) is 6.67. The monoisotopic (exact) mass is 585 g/mol. The van der Waals surface area contributed by atoms with Gasteiger partial charge in [-0.1, -0.05) is 70.8 Å². The largest absolute Gasteiger partial charge is 0.349 e. The van der Waals surface area contributed by atoms with E-state index in [2.05, 4.69) is 57.9 Å². The predicted octanol–water partition coefficient (Wildman–Crippen LogP) is 6.01. The zero-order valence-corrected chi connectivity index (χ0v) is 22.8. The van der Waals surface area contributed by atoms with Crippen LogP contribution in [0.5, 0.6) is 0 Å². The fraction of sp³-hybridized carbons (Fsp3) is 0.407. The normalized spacial score (nSPS) is 25.0. The quantitative estimate of drug-likeness (QED) is 0.398. The molecule has 5 nitrogen and oxygen atoms in total. The Kier molecular flexibility index (Phi) is 6.13. The van der Waals surface area contributed by atoms with E-state index in [-0.39, 0.29) is 23.1 Å². The molecule has 3 aliphatic carbocycles. The van der Waals surface area contributed by atoms with Crippen LogP contribution >= 0.6 is 31.9 Å². The number of fused-ring (bicyclic) bond motifs is 2. The summed E-state index contributed by atoms with van der Waals surface area (Å²) in [4.78, 5) is 26.9. The number of benzene rings is 2. The number of carbonyl (C=O) groups excluding carboxylic acids is 1. The number of nitrogens with one attached hydrogen (secondary N) is 1. The number of aromatic nitrogens is 2. The first-order valence-corrected chi connectivity index (χ1v) is 13.4. The Hall–Kier alpha value is -2.12. The van der Waals surface area contributed by atoms with Gasteiger partial charge in [-0.05, 0) is 71.9 Å². The van der Waals surface area contributed by atoms with Crippen LogP contribution in [-0.4, -0.2) is 21.3 Å². The first-order chi connectivity index (χ1) is 16.2. The van der Waals surface area contributed by atoms with Crippen LogP contribution in [0.25, 0.3) is 5.69 Å². The molecule has 0 saturated heterocycles. The maximum Gasteiger partial charge on any atom is 0.284 e. The molecular weight excluding hydrogens is 558 g/mol. The number of amides is 1. The van der Waals surface area contributed by atoms with Gasteiger partial charge in [0.1, 0.15) is 5.56 Å². The van der Waals surface area contributed by atoms with Gasteiger partial charge in [-0.2, -0.15) is 0 Å². The Morgan fingerprint density at radius 1 is 1.09 bits per heavy atom. The molecule has 1 aromatic heterocycles. The van der Waals surface area contributed by atoms with E-state index >= 15 is 0 Å². The SMILES string of the molecule is C[C@H]1[C@H](NC(=O)c2cn(Cc3ccccc3Br)n(-c3ccc(Br)cc3)c2=O)C[C@@H]2C[C@@H]1C2(C)C. The molecule has 178 valence electrons. The summed E-state index contributed by atoms with van der Waals surface area (Å²) in [6.07, 6.45) is 3.92. The maximum atomic E-state index is 13.5. The minimum Gasteiger partial charge on any atom is -0.349 e. The van der Waals surface area contributed by atoms with Crippen LogP contribution in [-0.2, 0) is 6.54 Å². The number of hydrogen-bond donors (Lipinski definition) is 1. The summed E-state index contributed by atoms with van der Waals surface area (Å²) in [5.74, 6) is 1.38. The van der Waals surface area contributed by atoms with Crippen molar-refractivity contribution in [3.05, 3.63) is 85.2 Å². The van der Waals surface area contributed by atoms with Gasteiger partial charge in [0.15, 0.2) is 0 Å². The van der Waals surface area contributed by atoms with Crippen LogP contribution in [0.1, 0.15) is 49.5 Å². The number of hydrogen-bond acceptors (Lipinski definition) is 2. The van der Waals surface area contributed by atoms with Crippen LogP contribution in [0.2, 0.25) is 0 Å². The lowest BCUT2D eigenvalue weighted by atomic mass is 9.45. The first kappa shape index (κ1) is 23.6. The van der Waals surface area contributed by atoms with Gasteiger partial charge in [-0.3, -0.25) is 14.3 Å². The van der Waals surface area contributed by atoms with Crippen LogP contribution < -0.4 is 10.9 Å². The molecule has 2 bridgehead atoms. The van der Waals surface area contributed by atoms with Crippen LogP contribution in [0.4, 0.5) is 0 Å². The van der Waals surface area contributed by atoms with Crippen molar-refractivity contribution >= 4 is 37.8 Å². The molecule has 3 saturated carbocycles. The number of nitrogens with zero attached hydrogens (tertiary/aromatic N) is 2. The number of rotatable bonds is 5. The number of halogens is 2. The average molecular weight is 587 g/mol. The Balaban J connectivity index is 1.48. The van der Waals surface area contributed by atoms with Crippen molar-refractivity contribution in [1.29, 1.82) is 0 Å². The minimum atomic E-state index is -0.305. The lowest BCUT2D eigenvalue weighted by molar-refractivity contribution is -0.113. The summed E-state index contributed by atoms with van der Waals surface area (Å²) in [5.41, 5.74) is 1.97. The maximum absolute atomic E-state index is 13.5. The van der Waals surface area contributed by atoms with Gasteiger partial charge in [-0.25, -0.2) is 4.68 Å². The standard InChI is InChI=1S/C27H29Br2N3O2/c1-16-22-12-18(27(22,2)3)13-24(16)30-25(33)21-15-31(14-17-6-4-5-7-23(17)29)32(26(21)34)20-10-8-19(28)9-11-20/h4-11,15-16,18,22,24H,12-14H2,1-3H3,(H,30,33)/t16-,18+,22+,24-/m1/s1. The second-order valence-electron chi connectivity index (χ2n) is 10.4. The van der Waals surface area contributed by atoms with Crippen LogP contribution in [0.3, 0.4) is 0 Å². The minimum absolute atomic E-state index is 0.108. The molecule has 34 heavy (non-hydrogen) atoms. The average Bonchev–Trinajstić information content (AvgIpc) is 3.12. The summed E-state index contributed by atoms with van der Waals surface area (Å²) >= 11 is 7.06. The molecule has 7 heteroatoms. The molecule has 1 heterocycles. The molecule has 0 aliphatic heterocycles. The van der Waals surface area contributed by atoms with Gasteiger partial charge in [0.25, 0.3) is 11.5 Å². The van der Waals surface area contributed by atoms with Crippen molar-refractivity contribution in [2.75, 3.05) is 0 Å². The lowest BCUT2D eigenvalue weighted by Gasteiger charge is -2.62. The van der Waals surface area contributed by atoms with Crippen molar-refractivity contribution in [3.8, 4) is 5.69 Å². The third-order valence-electron chi connectivity index (χ3n) is 8.23. The van der Waals surface area contributed by atoms with Crippen LogP contribution in [0.15, 0.2) is 68.5 Å². The van der Waals surface area contributed by atoms with Crippen molar-refractivity contribution in [2.45, 2.75) is 46.2 Å². The van der Waals surface area contributed by atoms with E-state index < -0.39 is 0 Å². The highest BCUT2D eigenvalue weighted by molar-refractivity contribution is 9.10. The van der Waals surface area contributed by atoms with E-state index in [4.69, 9.17) is 0 Å². The second kappa shape index (κ2) is 8.83. The molecule has 2 aromatic carbocycles. The van der Waals surface area contributed by atoms with Gasteiger partial charge in [-0.15, -0.1) is 0 Å². The zero-order valence-electron chi connectivity index (χ0n) is 19.6. The topological polar surface area (TPSA) is 56.0 Å². The molecule has 3 aliphatic rings. The van der Waals surface area contributed by atoms with Gasteiger partial charge >= 0.3 is 0 Å². The lowest BCUT2D eigenvalue weighted by Crippen LogP contribution is -2.60. The summed E-state index contributed by atoms with van der Waals surface area (Å²) in [5, 5.41) is 3.22. The van der Waals surface area contributed by atoms with Crippen molar-refractivity contribution < 1.29 is 4.79 Å². The van der Waals surface area contributed by atoms with E-state index in [1.807, 2.05) is 53.2 Å². The molecule has 0 radical (unpaired) electrons. The van der Waals surface area contributed by atoms with E-state index in [1.54, 1.807) is 10.9 Å². The van der Waals surface area contributed by atoms with E-state index in [0.29, 0.717) is 35.4 Å². The third kappa shape index (κ3) is 4.01. The fourth-order valence-electron chi connectivity index (χ4n) is 6.00.